The van der Waals surface area contributed by atoms with Crippen molar-refractivity contribution in [1.82, 2.24) is 4.72 Å². The number of nitrogens with one attached hydrogen (secondary N) is 1. The Hall–Kier alpha value is -0.290. The molecule has 1 aliphatic rings. The summed E-state index contributed by atoms with van der Waals surface area (Å²) in [7, 11) is -3.57. The van der Waals surface area contributed by atoms with Gasteiger partial charge in [0.2, 0.25) is 10.0 Å². The van der Waals surface area contributed by atoms with Gasteiger partial charge in [-0.25, -0.2) is 13.1 Å². The number of halogens is 2. The molecule has 0 amide bonds. The molecule has 0 radical (unpaired) electrons. The zero-order valence-electron chi connectivity index (χ0n) is 9.55. The van der Waals surface area contributed by atoms with Gasteiger partial charge < -0.3 is 0 Å². The molecule has 0 aromatic heterocycles. The minimum Gasteiger partial charge on any atom is -0.208 e. The van der Waals surface area contributed by atoms with Crippen LogP contribution in [0.1, 0.15) is 24.0 Å². The first-order valence-corrected chi connectivity index (χ1v) is 7.54. The molecule has 1 aliphatic carbocycles. The van der Waals surface area contributed by atoms with E-state index in [-0.39, 0.29) is 16.0 Å². The topological polar surface area (TPSA) is 46.2 Å². The molecule has 1 aromatic rings. The van der Waals surface area contributed by atoms with E-state index in [2.05, 4.69) is 4.72 Å². The van der Waals surface area contributed by atoms with Crippen LogP contribution in [0.2, 0.25) is 10.0 Å². The highest BCUT2D eigenvalue weighted by Gasteiger charge is 2.31. The quantitative estimate of drug-likeness (QED) is 0.931. The average Bonchev–Trinajstić information content (AvgIpc) is 2.98. The van der Waals surface area contributed by atoms with Gasteiger partial charge >= 0.3 is 0 Å². The Bertz CT molecular complexity index is 539. The summed E-state index contributed by atoms with van der Waals surface area (Å²) in [5.74, 6) is 0. The zero-order chi connectivity index (χ0) is 12.8. The summed E-state index contributed by atoms with van der Waals surface area (Å²) in [4.78, 5) is 0.107. The largest absolute Gasteiger partial charge is 0.242 e. The summed E-state index contributed by atoms with van der Waals surface area (Å²) >= 11 is 12.1. The van der Waals surface area contributed by atoms with E-state index in [0.717, 1.165) is 12.8 Å². The molecule has 0 saturated heterocycles. The summed E-state index contributed by atoms with van der Waals surface area (Å²) in [6.45, 7) is 3.40. The van der Waals surface area contributed by atoms with Crippen molar-refractivity contribution in [3.8, 4) is 0 Å². The predicted octanol–water partition coefficient (Wildman–Crippen LogP) is 3.05. The summed E-state index contributed by atoms with van der Waals surface area (Å²) in [5, 5.41) is 0.670. The van der Waals surface area contributed by atoms with E-state index < -0.39 is 10.0 Å². The van der Waals surface area contributed by atoms with Crippen molar-refractivity contribution in [3.05, 3.63) is 27.2 Å². The molecule has 0 aliphatic heterocycles. The maximum Gasteiger partial charge on any atom is 0.242 e. The molecule has 1 aromatic carbocycles. The minimum absolute atomic E-state index is 0.0507. The van der Waals surface area contributed by atoms with E-state index in [9.17, 15) is 8.42 Å². The smallest absolute Gasteiger partial charge is 0.208 e. The molecule has 1 N–H and O–H groups in total. The normalized spacial score (nSPS) is 16.2. The number of rotatable bonds is 3. The van der Waals surface area contributed by atoms with Crippen molar-refractivity contribution in [2.75, 3.05) is 0 Å². The van der Waals surface area contributed by atoms with Crippen molar-refractivity contribution >= 4 is 33.2 Å². The van der Waals surface area contributed by atoms with Crippen LogP contribution in [0.25, 0.3) is 0 Å². The van der Waals surface area contributed by atoms with Gasteiger partial charge in [0, 0.05) is 11.1 Å². The number of hydrogen-bond acceptors (Lipinski definition) is 2. The lowest BCUT2D eigenvalue weighted by Gasteiger charge is -2.13. The average molecular weight is 294 g/mol. The monoisotopic (exact) mass is 293 g/mol. The summed E-state index contributed by atoms with van der Waals surface area (Å²) < 4.78 is 27.0. The molecule has 0 spiro atoms. The van der Waals surface area contributed by atoms with Crippen LogP contribution in [0.5, 0.6) is 0 Å². The lowest BCUT2D eigenvalue weighted by atomic mass is 10.2. The summed E-state index contributed by atoms with van der Waals surface area (Å²) in [5.41, 5.74) is 1.16. The Morgan fingerprint density at radius 1 is 1.29 bits per heavy atom. The molecule has 0 atom stereocenters. The van der Waals surface area contributed by atoms with E-state index in [1.54, 1.807) is 19.9 Å². The molecular weight excluding hydrogens is 281 g/mol. The first-order chi connectivity index (χ1) is 7.83. The van der Waals surface area contributed by atoms with Crippen LogP contribution in [-0.4, -0.2) is 14.5 Å². The molecule has 1 saturated carbocycles. The van der Waals surface area contributed by atoms with Gasteiger partial charge in [0.1, 0.15) is 4.90 Å². The van der Waals surface area contributed by atoms with Crippen molar-refractivity contribution in [1.29, 1.82) is 0 Å². The maximum absolute atomic E-state index is 12.2. The van der Waals surface area contributed by atoms with Crippen molar-refractivity contribution in [2.45, 2.75) is 37.6 Å². The molecular formula is C11H13Cl2NO2S. The first kappa shape index (κ1) is 13.1. The highest BCUT2D eigenvalue weighted by atomic mass is 35.5. The van der Waals surface area contributed by atoms with Gasteiger partial charge in [0.15, 0.2) is 0 Å². The second-order valence-electron chi connectivity index (χ2n) is 4.34. The van der Waals surface area contributed by atoms with Gasteiger partial charge in [-0.2, -0.15) is 0 Å². The lowest BCUT2D eigenvalue weighted by Crippen LogP contribution is -2.27. The third kappa shape index (κ3) is 2.60. The molecule has 94 valence electrons. The van der Waals surface area contributed by atoms with Gasteiger partial charge in [0.25, 0.3) is 0 Å². The lowest BCUT2D eigenvalue weighted by molar-refractivity contribution is 0.580. The van der Waals surface area contributed by atoms with Crippen LogP contribution < -0.4 is 4.72 Å². The standard InChI is InChI=1S/C11H13Cl2NO2S/c1-6-5-9(12)7(2)11(10(6)13)17(15,16)14-8-3-4-8/h5,8,14H,3-4H2,1-2H3. The molecule has 0 unspecified atom stereocenters. The van der Waals surface area contributed by atoms with Gasteiger partial charge in [-0.05, 0) is 43.9 Å². The molecule has 17 heavy (non-hydrogen) atoms. The molecule has 0 heterocycles. The van der Waals surface area contributed by atoms with E-state index in [0.29, 0.717) is 16.1 Å². The molecule has 2 rings (SSSR count). The van der Waals surface area contributed by atoms with Crippen LogP contribution in [-0.2, 0) is 10.0 Å². The third-order valence-corrected chi connectivity index (χ3v) is 5.44. The van der Waals surface area contributed by atoms with Crippen LogP contribution >= 0.6 is 23.2 Å². The Labute approximate surface area is 111 Å². The molecule has 0 bridgehead atoms. The van der Waals surface area contributed by atoms with Gasteiger partial charge in [-0.1, -0.05) is 23.2 Å². The highest BCUT2D eigenvalue weighted by molar-refractivity contribution is 7.89. The number of sulfonamides is 1. The number of aryl methyl sites for hydroxylation is 1. The van der Waals surface area contributed by atoms with Gasteiger partial charge in [-0.15, -0.1) is 0 Å². The maximum atomic E-state index is 12.2. The van der Waals surface area contributed by atoms with E-state index in [1.165, 1.54) is 0 Å². The predicted molar refractivity (Wildman–Crippen MR) is 69.3 cm³/mol. The van der Waals surface area contributed by atoms with Gasteiger partial charge in [-0.3, -0.25) is 0 Å². The Balaban J connectivity index is 2.57. The van der Waals surface area contributed by atoms with Crippen molar-refractivity contribution in [3.63, 3.8) is 0 Å². The second kappa shape index (κ2) is 4.43. The third-order valence-electron chi connectivity index (χ3n) is 2.76. The van der Waals surface area contributed by atoms with E-state index in [4.69, 9.17) is 23.2 Å². The summed E-state index contributed by atoms with van der Waals surface area (Å²) in [6, 6.07) is 1.73. The fraction of sp³-hybridized carbons (Fsp3) is 0.455. The van der Waals surface area contributed by atoms with Crippen molar-refractivity contribution < 1.29 is 8.42 Å². The second-order valence-corrected chi connectivity index (χ2v) is 6.77. The molecule has 3 nitrogen and oxygen atoms in total. The van der Waals surface area contributed by atoms with E-state index in [1.807, 2.05) is 0 Å². The Kier molecular flexibility index (Phi) is 3.42. The SMILES string of the molecule is Cc1cc(Cl)c(C)c(S(=O)(=O)NC2CC2)c1Cl. The van der Waals surface area contributed by atoms with E-state index >= 15 is 0 Å². The Morgan fingerprint density at radius 2 is 1.88 bits per heavy atom. The fourth-order valence-electron chi connectivity index (χ4n) is 1.61. The summed E-state index contributed by atoms with van der Waals surface area (Å²) in [6.07, 6.45) is 1.77. The number of benzene rings is 1. The number of hydrogen-bond donors (Lipinski definition) is 1. The first-order valence-electron chi connectivity index (χ1n) is 5.30. The zero-order valence-corrected chi connectivity index (χ0v) is 11.9. The van der Waals surface area contributed by atoms with Crippen LogP contribution in [0, 0.1) is 13.8 Å². The van der Waals surface area contributed by atoms with Crippen LogP contribution in [0.15, 0.2) is 11.0 Å². The molecule has 1 fully saturated rings. The van der Waals surface area contributed by atoms with Crippen LogP contribution in [0.3, 0.4) is 0 Å². The Morgan fingerprint density at radius 3 is 2.41 bits per heavy atom. The van der Waals surface area contributed by atoms with Gasteiger partial charge in [0.05, 0.1) is 5.02 Å². The van der Waals surface area contributed by atoms with Crippen LogP contribution in [0.4, 0.5) is 0 Å². The highest BCUT2D eigenvalue weighted by Crippen LogP contribution is 2.34. The van der Waals surface area contributed by atoms with Crippen molar-refractivity contribution in [2.24, 2.45) is 0 Å². The minimum atomic E-state index is -3.57. The fourth-order valence-corrected chi connectivity index (χ4v) is 4.13. The molecule has 6 heteroatoms.